The minimum absolute atomic E-state index is 0.0421. The summed E-state index contributed by atoms with van der Waals surface area (Å²) in [4.78, 5) is 12.3. The maximum atomic E-state index is 13.2. The fourth-order valence-corrected chi connectivity index (χ4v) is 4.98. The first-order valence-corrected chi connectivity index (χ1v) is 11.0. The van der Waals surface area contributed by atoms with Gasteiger partial charge in [-0.1, -0.05) is 0 Å². The van der Waals surface area contributed by atoms with Gasteiger partial charge in [0.15, 0.2) is 0 Å². The van der Waals surface area contributed by atoms with E-state index < -0.39 is 10.2 Å². The van der Waals surface area contributed by atoms with Crippen molar-refractivity contribution in [3.8, 4) is 5.75 Å². The largest absolute Gasteiger partial charge is 0.494 e. The average molecular weight is 398 g/mol. The third-order valence-corrected chi connectivity index (χ3v) is 6.52. The molecule has 0 unspecified atom stereocenters. The van der Waals surface area contributed by atoms with Crippen LogP contribution in [-0.4, -0.2) is 50.9 Å². The Morgan fingerprint density at radius 1 is 1.30 bits per heavy atom. The van der Waals surface area contributed by atoms with Crippen LogP contribution in [-0.2, 0) is 15.0 Å². The van der Waals surface area contributed by atoms with Crippen LogP contribution in [0.25, 0.3) is 0 Å². The van der Waals surface area contributed by atoms with Crippen molar-refractivity contribution in [2.75, 3.05) is 30.5 Å². The number of hydrogen-bond acceptors (Lipinski definition) is 4. The van der Waals surface area contributed by atoms with Crippen LogP contribution in [0.15, 0.2) is 24.3 Å². The predicted molar refractivity (Wildman–Crippen MR) is 107 cm³/mol. The van der Waals surface area contributed by atoms with Crippen LogP contribution in [0.4, 0.5) is 5.69 Å². The summed E-state index contributed by atoms with van der Waals surface area (Å²) in [5.41, 5.74) is 0.592. The van der Waals surface area contributed by atoms with E-state index in [4.69, 9.17) is 4.74 Å². The molecule has 1 aromatic carbocycles. The minimum Gasteiger partial charge on any atom is -0.494 e. The molecule has 1 atom stereocenters. The van der Waals surface area contributed by atoms with Gasteiger partial charge in [-0.15, -0.1) is 0 Å². The summed E-state index contributed by atoms with van der Waals surface area (Å²) in [6, 6.07) is 7.08. The summed E-state index contributed by atoms with van der Waals surface area (Å²) >= 11 is 0. The molecule has 27 heavy (non-hydrogen) atoms. The Morgan fingerprint density at radius 2 is 1.96 bits per heavy atom. The summed E-state index contributed by atoms with van der Waals surface area (Å²) in [6.07, 6.45) is 1.38. The molecule has 1 aliphatic heterocycles. The van der Waals surface area contributed by atoms with Crippen LogP contribution in [0, 0.1) is 5.92 Å². The molecule has 0 aliphatic carbocycles. The zero-order valence-corrected chi connectivity index (χ0v) is 17.5. The number of piperidine rings is 1. The Bertz CT molecular complexity index is 719. The molecule has 1 heterocycles. The number of amides is 1. The number of carbonyl (C=O) groups is 1. The SMILES string of the molecule is CCOc1ccc(N(CC)S(=O)(=O)N2CCC[C@H](C(=O)NC(C)C)C2)cc1. The number of hydrogen-bond donors (Lipinski definition) is 1. The lowest BCUT2D eigenvalue weighted by Gasteiger charge is -2.35. The third-order valence-electron chi connectivity index (χ3n) is 4.51. The molecular formula is C19H31N3O4S. The molecule has 1 aliphatic rings. The van der Waals surface area contributed by atoms with Crippen molar-refractivity contribution in [2.24, 2.45) is 5.92 Å². The Morgan fingerprint density at radius 3 is 2.52 bits per heavy atom. The van der Waals surface area contributed by atoms with Crippen LogP contribution in [0.3, 0.4) is 0 Å². The molecule has 2 rings (SSSR count). The molecule has 152 valence electrons. The number of anilines is 1. The lowest BCUT2D eigenvalue weighted by atomic mass is 9.98. The molecule has 1 amide bonds. The van der Waals surface area contributed by atoms with Crippen molar-refractivity contribution in [1.29, 1.82) is 0 Å². The Balaban J connectivity index is 2.17. The predicted octanol–water partition coefficient (Wildman–Crippen LogP) is 2.39. The normalized spacial score (nSPS) is 18.3. The van der Waals surface area contributed by atoms with Crippen molar-refractivity contribution in [2.45, 2.75) is 46.6 Å². The van der Waals surface area contributed by atoms with E-state index in [1.165, 1.54) is 8.61 Å². The van der Waals surface area contributed by atoms with Gasteiger partial charge in [0, 0.05) is 25.7 Å². The second-order valence-electron chi connectivity index (χ2n) is 6.96. The lowest BCUT2D eigenvalue weighted by Crippen LogP contribution is -2.51. The molecule has 1 saturated heterocycles. The maximum absolute atomic E-state index is 13.2. The fourth-order valence-electron chi connectivity index (χ4n) is 3.26. The van der Waals surface area contributed by atoms with Gasteiger partial charge in [0.1, 0.15) is 5.75 Å². The third kappa shape index (κ3) is 5.35. The summed E-state index contributed by atoms with van der Waals surface area (Å²) in [5, 5.41) is 2.89. The lowest BCUT2D eigenvalue weighted by molar-refractivity contribution is -0.126. The van der Waals surface area contributed by atoms with Crippen LogP contribution < -0.4 is 14.4 Å². The smallest absolute Gasteiger partial charge is 0.304 e. The first-order valence-electron chi connectivity index (χ1n) is 9.60. The molecule has 0 bridgehead atoms. The van der Waals surface area contributed by atoms with Crippen LogP contribution in [0.2, 0.25) is 0 Å². The van der Waals surface area contributed by atoms with Gasteiger partial charge >= 0.3 is 10.2 Å². The van der Waals surface area contributed by atoms with E-state index in [0.717, 1.165) is 0 Å². The summed E-state index contributed by atoms with van der Waals surface area (Å²) in [5.74, 6) is 0.321. The van der Waals surface area contributed by atoms with E-state index in [-0.39, 0.29) is 24.4 Å². The number of benzene rings is 1. The second-order valence-corrected chi connectivity index (χ2v) is 8.81. The molecule has 1 aromatic rings. The quantitative estimate of drug-likeness (QED) is 0.731. The highest BCUT2D eigenvalue weighted by Gasteiger charge is 2.35. The highest BCUT2D eigenvalue weighted by molar-refractivity contribution is 7.90. The molecule has 8 heteroatoms. The van der Waals surface area contributed by atoms with Crippen molar-refractivity contribution in [3.63, 3.8) is 0 Å². The number of rotatable bonds is 8. The highest BCUT2D eigenvalue weighted by atomic mass is 32.2. The molecule has 1 fully saturated rings. The summed E-state index contributed by atoms with van der Waals surface area (Å²) in [6.45, 7) is 9.04. The maximum Gasteiger partial charge on any atom is 0.304 e. The van der Waals surface area contributed by atoms with E-state index in [1.807, 2.05) is 20.8 Å². The standard InChI is InChI=1S/C19H31N3O4S/c1-5-22(17-9-11-18(12-10-17)26-6-2)27(24,25)21-13-7-8-16(14-21)19(23)20-15(3)4/h9-12,15-16H,5-8,13-14H2,1-4H3,(H,20,23)/t16-/m0/s1. The Hall–Kier alpha value is -1.80. The monoisotopic (exact) mass is 397 g/mol. The number of ether oxygens (including phenoxy) is 1. The molecule has 1 N–H and O–H groups in total. The van der Waals surface area contributed by atoms with Crippen LogP contribution in [0.5, 0.6) is 5.75 Å². The topological polar surface area (TPSA) is 79.0 Å². The van der Waals surface area contributed by atoms with Gasteiger partial charge in [-0.3, -0.25) is 9.10 Å². The van der Waals surface area contributed by atoms with Crippen molar-refractivity contribution in [3.05, 3.63) is 24.3 Å². The number of nitrogens with one attached hydrogen (secondary N) is 1. The Labute approximate surface area is 162 Å². The van der Waals surface area contributed by atoms with E-state index >= 15 is 0 Å². The second kappa shape index (κ2) is 9.41. The Kier molecular flexibility index (Phi) is 7.49. The van der Waals surface area contributed by atoms with E-state index in [1.54, 1.807) is 31.2 Å². The minimum atomic E-state index is -3.70. The summed E-state index contributed by atoms with van der Waals surface area (Å²) < 4.78 is 34.7. The highest BCUT2D eigenvalue weighted by Crippen LogP contribution is 2.27. The molecule has 0 aromatic heterocycles. The summed E-state index contributed by atoms with van der Waals surface area (Å²) in [7, 11) is -3.70. The van der Waals surface area contributed by atoms with Gasteiger partial charge in [-0.05, 0) is 64.8 Å². The van der Waals surface area contributed by atoms with Gasteiger partial charge in [0.25, 0.3) is 0 Å². The number of carbonyl (C=O) groups excluding carboxylic acids is 1. The van der Waals surface area contributed by atoms with Gasteiger partial charge in [-0.25, -0.2) is 0 Å². The van der Waals surface area contributed by atoms with Crippen molar-refractivity contribution >= 4 is 21.8 Å². The fraction of sp³-hybridized carbons (Fsp3) is 0.632. The molecule has 0 saturated carbocycles. The molecule has 0 radical (unpaired) electrons. The van der Waals surface area contributed by atoms with E-state index in [2.05, 4.69) is 5.32 Å². The average Bonchev–Trinajstić information content (AvgIpc) is 2.63. The van der Waals surface area contributed by atoms with Crippen molar-refractivity contribution < 1.29 is 17.9 Å². The van der Waals surface area contributed by atoms with Crippen LogP contribution >= 0.6 is 0 Å². The van der Waals surface area contributed by atoms with Gasteiger partial charge in [0.05, 0.1) is 18.2 Å². The zero-order chi connectivity index (χ0) is 20.0. The van der Waals surface area contributed by atoms with Crippen molar-refractivity contribution in [1.82, 2.24) is 9.62 Å². The zero-order valence-electron chi connectivity index (χ0n) is 16.6. The van der Waals surface area contributed by atoms with E-state index in [0.29, 0.717) is 44.0 Å². The van der Waals surface area contributed by atoms with Gasteiger partial charge in [-0.2, -0.15) is 12.7 Å². The molecule has 7 nitrogen and oxygen atoms in total. The number of nitrogens with zero attached hydrogens (tertiary/aromatic N) is 2. The van der Waals surface area contributed by atoms with Gasteiger partial charge < -0.3 is 10.1 Å². The molecule has 0 spiro atoms. The van der Waals surface area contributed by atoms with E-state index in [9.17, 15) is 13.2 Å². The first-order chi connectivity index (χ1) is 12.8. The first kappa shape index (κ1) is 21.5. The molecular weight excluding hydrogens is 366 g/mol. The van der Waals surface area contributed by atoms with Crippen LogP contribution in [0.1, 0.15) is 40.5 Å². The van der Waals surface area contributed by atoms with Gasteiger partial charge in [0.2, 0.25) is 5.91 Å².